The third-order valence-corrected chi connectivity index (χ3v) is 14.8. The van der Waals surface area contributed by atoms with Gasteiger partial charge in [0.05, 0.1) is 27.9 Å². The topological polar surface area (TPSA) is 223 Å². The van der Waals surface area contributed by atoms with Crippen molar-refractivity contribution in [1.29, 1.82) is 0 Å². The van der Waals surface area contributed by atoms with E-state index in [9.17, 15) is 34.8 Å². The van der Waals surface area contributed by atoms with Crippen molar-refractivity contribution in [2.75, 3.05) is 65.6 Å². The molecule has 4 aliphatic rings. The van der Waals surface area contributed by atoms with Gasteiger partial charge in [-0.2, -0.15) is 8.61 Å². The van der Waals surface area contributed by atoms with Crippen LogP contribution in [0.4, 0.5) is 0 Å². The van der Waals surface area contributed by atoms with Crippen LogP contribution in [-0.2, 0) is 43.4 Å². The average molecular weight is 937 g/mol. The number of Topliss-reactive ketones (excluding diaryl/α,β-unsaturated/α-hetero) is 2. The first-order chi connectivity index (χ1) is 27.8. The Kier molecular flexibility index (Phi) is 22.5. The second kappa shape index (κ2) is 25.3. The molecule has 0 aliphatic carbocycles. The average Bonchev–Trinajstić information content (AvgIpc) is 3.67. The lowest BCUT2D eigenvalue weighted by Crippen LogP contribution is -2.52. The van der Waals surface area contributed by atoms with Crippen LogP contribution < -0.4 is 16.4 Å². The Morgan fingerprint density at radius 2 is 1.02 bits per heavy atom. The van der Waals surface area contributed by atoms with Gasteiger partial charge in [-0.1, -0.05) is 53.1 Å². The number of nitrogens with zero attached hydrogens (tertiary/aromatic N) is 2. The highest BCUT2D eigenvalue weighted by atomic mass is 35.7. The predicted molar refractivity (Wildman–Crippen MR) is 235 cm³/mol. The van der Waals surface area contributed by atoms with Gasteiger partial charge in [0, 0.05) is 102 Å². The van der Waals surface area contributed by atoms with Crippen molar-refractivity contribution in [3.8, 4) is 0 Å². The van der Waals surface area contributed by atoms with Crippen molar-refractivity contribution in [3.05, 3.63) is 89.5 Å². The summed E-state index contributed by atoms with van der Waals surface area (Å²) in [6, 6.07) is 20.2. The molecule has 7 rings (SSSR count). The SMILES string of the molecule is Cc1ccc(S(=O)(=O)Cl)cc1.Cc1ccc(S(=O)(=O)N2CCC(=O)CC2)cc1.Cc1ccc(S(=O)(=O)N2CCC3(CC2)NCCO3)cc1.Cl.NCCO.O=C1CCNCC1. The number of halogens is 2. The number of carbonyl (C=O) groups is 2. The second-order valence-electron chi connectivity index (χ2n) is 14.3. The molecule has 0 unspecified atom stereocenters. The van der Waals surface area contributed by atoms with Crippen molar-refractivity contribution < 1.29 is 44.7 Å². The van der Waals surface area contributed by atoms with Gasteiger partial charge in [-0.25, -0.2) is 25.3 Å². The van der Waals surface area contributed by atoms with E-state index in [2.05, 4.69) is 10.6 Å². The smallest absolute Gasteiger partial charge is 0.261 e. The summed E-state index contributed by atoms with van der Waals surface area (Å²) in [5.74, 6) is 0.541. The van der Waals surface area contributed by atoms with Crippen molar-refractivity contribution in [2.45, 2.75) is 79.7 Å². The summed E-state index contributed by atoms with van der Waals surface area (Å²) >= 11 is 0. The molecule has 5 N–H and O–H groups in total. The number of rotatable bonds is 6. The zero-order valence-corrected chi connectivity index (χ0v) is 38.4. The number of aliphatic hydroxyl groups excluding tert-OH is 1. The number of nitrogens with two attached hydrogens (primary N) is 1. The van der Waals surface area contributed by atoms with Crippen LogP contribution in [0.1, 0.15) is 55.2 Å². The molecule has 20 heteroatoms. The van der Waals surface area contributed by atoms with E-state index in [1.54, 1.807) is 52.8 Å². The summed E-state index contributed by atoms with van der Waals surface area (Å²) in [5, 5.41) is 14.2. The molecule has 3 aromatic carbocycles. The number of hydrogen-bond donors (Lipinski definition) is 4. The van der Waals surface area contributed by atoms with E-state index in [1.807, 2.05) is 32.9 Å². The number of carbonyl (C=O) groups excluding carboxylic acids is 2. The Morgan fingerprint density at radius 1 is 0.650 bits per heavy atom. The molecular formula is C40H59Cl2N5O10S3. The van der Waals surface area contributed by atoms with E-state index < -0.39 is 29.1 Å². The van der Waals surface area contributed by atoms with Crippen molar-refractivity contribution in [3.63, 3.8) is 0 Å². The normalized spacial score (nSPS) is 18.2. The van der Waals surface area contributed by atoms with Crippen LogP contribution in [0.5, 0.6) is 0 Å². The predicted octanol–water partition coefficient (Wildman–Crippen LogP) is 3.66. The van der Waals surface area contributed by atoms with Crippen LogP contribution in [0.3, 0.4) is 0 Å². The minimum Gasteiger partial charge on any atom is -0.395 e. The fraction of sp³-hybridized carbons (Fsp3) is 0.500. The maximum Gasteiger partial charge on any atom is 0.261 e. The fourth-order valence-corrected chi connectivity index (χ4v) is 9.74. The first kappa shape index (κ1) is 53.3. The molecule has 1 spiro atoms. The Morgan fingerprint density at radius 3 is 1.33 bits per heavy atom. The Labute approximate surface area is 366 Å². The number of ketones is 2. The molecule has 4 aliphatic heterocycles. The number of aryl methyl sites for hydroxylation is 3. The molecule has 60 heavy (non-hydrogen) atoms. The summed E-state index contributed by atoms with van der Waals surface area (Å²) < 4.78 is 79.7. The molecule has 15 nitrogen and oxygen atoms in total. The summed E-state index contributed by atoms with van der Waals surface area (Å²) in [4.78, 5) is 22.3. The van der Waals surface area contributed by atoms with Crippen LogP contribution in [-0.4, -0.2) is 122 Å². The Bertz CT molecular complexity index is 2090. The van der Waals surface area contributed by atoms with Gasteiger partial charge in [-0.3, -0.25) is 14.9 Å². The van der Waals surface area contributed by atoms with Gasteiger partial charge in [0.1, 0.15) is 17.3 Å². The summed E-state index contributed by atoms with van der Waals surface area (Å²) in [6.45, 7) is 11.2. The summed E-state index contributed by atoms with van der Waals surface area (Å²) in [6.07, 6.45) is 3.53. The molecule has 3 aromatic rings. The zero-order valence-electron chi connectivity index (χ0n) is 34.3. The van der Waals surface area contributed by atoms with Crippen LogP contribution in [0.15, 0.2) is 87.5 Å². The van der Waals surface area contributed by atoms with E-state index >= 15 is 0 Å². The molecule has 4 heterocycles. The molecule has 0 saturated carbocycles. The van der Waals surface area contributed by atoms with Crippen molar-refractivity contribution >= 4 is 63.8 Å². The third kappa shape index (κ3) is 17.1. The maximum atomic E-state index is 12.6. The lowest BCUT2D eigenvalue weighted by atomic mass is 10.0. The Balaban J connectivity index is 0.000000280. The number of piperidine rings is 3. The van der Waals surface area contributed by atoms with Crippen molar-refractivity contribution in [1.82, 2.24) is 19.2 Å². The number of nitrogens with one attached hydrogen (secondary N) is 2. The van der Waals surface area contributed by atoms with Gasteiger partial charge in [0.25, 0.3) is 9.05 Å². The second-order valence-corrected chi connectivity index (χ2v) is 20.7. The standard InChI is InChI=1S/C14H20N2O3S.C12H15NO3S.C7H7ClO2S.C5H9NO.C2H7NO.ClH/c1-12-2-4-13(5-3-12)20(17,18)16-9-6-14(7-10-16)15-8-11-19-14;1-10-2-4-12(5-3-10)17(15,16)13-8-6-11(14)7-9-13;1-6-2-4-7(5-3-6)11(8,9)10;7-5-1-3-6-4-2-5;3-1-2-4;/h2-5,15H,6-11H2,1H3;2-5H,6-9H2,1H3;2-5H,1H3;6H,1-4H2;4H,1-3H2;1H. The lowest BCUT2D eigenvalue weighted by molar-refractivity contribution is -0.121. The van der Waals surface area contributed by atoms with Crippen LogP contribution in [0.25, 0.3) is 0 Å². The van der Waals surface area contributed by atoms with Gasteiger partial charge < -0.3 is 20.9 Å². The lowest BCUT2D eigenvalue weighted by Gasteiger charge is -2.37. The zero-order chi connectivity index (χ0) is 43.7. The molecule has 4 saturated heterocycles. The van der Waals surface area contributed by atoms with E-state index in [0.717, 1.165) is 49.2 Å². The quantitative estimate of drug-likeness (QED) is 0.260. The van der Waals surface area contributed by atoms with Gasteiger partial charge in [-0.15, -0.1) is 12.4 Å². The maximum absolute atomic E-state index is 12.6. The number of sulfonamides is 2. The summed E-state index contributed by atoms with van der Waals surface area (Å²) in [5.41, 5.74) is 7.58. The van der Waals surface area contributed by atoms with Gasteiger partial charge >= 0.3 is 0 Å². The van der Waals surface area contributed by atoms with E-state index in [4.69, 9.17) is 26.3 Å². The van der Waals surface area contributed by atoms with Gasteiger partial charge in [-0.05, 0) is 57.2 Å². The number of benzene rings is 3. The highest BCUT2D eigenvalue weighted by Crippen LogP contribution is 2.29. The Hall–Kier alpha value is -2.85. The van der Waals surface area contributed by atoms with Crippen LogP contribution in [0, 0.1) is 20.8 Å². The molecule has 0 aromatic heterocycles. The molecular weight excluding hydrogens is 878 g/mol. The molecule has 0 amide bonds. The minimum absolute atomic E-state index is 0. The van der Waals surface area contributed by atoms with Crippen LogP contribution >= 0.6 is 23.1 Å². The fourth-order valence-electron chi connectivity index (χ4n) is 6.09. The van der Waals surface area contributed by atoms with E-state index in [1.165, 1.54) is 16.4 Å². The first-order valence-corrected chi connectivity index (χ1v) is 24.6. The molecule has 0 radical (unpaired) electrons. The van der Waals surface area contributed by atoms with Gasteiger partial charge in [0.2, 0.25) is 20.0 Å². The first-order valence-electron chi connectivity index (χ1n) is 19.4. The highest BCUT2D eigenvalue weighted by Gasteiger charge is 2.41. The number of ether oxygens (including phenoxy) is 1. The minimum atomic E-state index is -3.55. The number of hydrogen-bond acceptors (Lipinski definition) is 13. The highest BCUT2D eigenvalue weighted by molar-refractivity contribution is 8.13. The monoisotopic (exact) mass is 935 g/mol. The third-order valence-electron chi connectivity index (χ3n) is 9.65. The van der Waals surface area contributed by atoms with E-state index in [-0.39, 0.29) is 35.4 Å². The molecule has 0 bridgehead atoms. The molecule has 0 atom stereocenters. The van der Waals surface area contributed by atoms with Crippen LogP contribution in [0.2, 0.25) is 0 Å². The largest absolute Gasteiger partial charge is 0.395 e. The molecule has 4 fully saturated rings. The van der Waals surface area contributed by atoms with Gasteiger partial charge in [0.15, 0.2) is 0 Å². The summed E-state index contributed by atoms with van der Waals surface area (Å²) in [7, 11) is -5.26. The number of aliphatic hydroxyl groups is 1. The van der Waals surface area contributed by atoms with Crippen molar-refractivity contribution in [2.24, 2.45) is 5.73 Å². The molecule has 336 valence electrons. The van der Waals surface area contributed by atoms with E-state index in [0.29, 0.717) is 80.6 Å².